The first-order valence-corrected chi connectivity index (χ1v) is 5.34. The summed E-state index contributed by atoms with van der Waals surface area (Å²) in [5, 5.41) is 0. The summed E-state index contributed by atoms with van der Waals surface area (Å²) >= 11 is 0. The monoisotopic (exact) mass is 206 g/mol. The van der Waals surface area contributed by atoms with Gasteiger partial charge in [0, 0.05) is 25.7 Å². The quantitative estimate of drug-likeness (QED) is 0.712. The average Bonchev–Trinajstić information content (AvgIpc) is 2.25. The van der Waals surface area contributed by atoms with E-state index >= 15 is 0 Å². The molecule has 0 radical (unpaired) electrons. The minimum Gasteiger partial charge on any atom is -0.300 e. The summed E-state index contributed by atoms with van der Waals surface area (Å²) in [6.45, 7) is 6.33. The minimum atomic E-state index is 0.245. The molecule has 0 aliphatic rings. The van der Waals surface area contributed by atoms with E-state index in [9.17, 15) is 4.79 Å². The Balaban J connectivity index is 2.43. The molecule has 0 spiro atoms. The standard InChI is InChI=1S/C12H18N2O/c1-3-14(9-7-11(2)15)10-12-6-4-5-8-13-12/h4-6,8H,3,7,9-10H2,1-2H3. The van der Waals surface area contributed by atoms with E-state index < -0.39 is 0 Å². The van der Waals surface area contributed by atoms with Crippen LogP contribution in [0.25, 0.3) is 0 Å². The number of pyridine rings is 1. The number of hydrogen-bond acceptors (Lipinski definition) is 3. The third-order valence-electron chi connectivity index (χ3n) is 2.34. The Morgan fingerprint density at radius 3 is 2.80 bits per heavy atom. The topological polar surface area (TPSA) is 33.2 Å². The summed E-state index contributed by atoms with van der Waals surface area (Å²) in [6, 6.07) is 5.91. The summed E-state index contributed by atoms with van der Waals surface area (Å²) in [4.78, 5) is 17.4. The van der Waals surface area contributed by atoms with Crippen molar-refractivity contribution in [2.45, 2.75) is 26.8 Å². The number of rotatable bonds is 6. The molecule has 0 saturated heterocycles. The van der Waals surface area contributed by atoms with Gasteiger partial charge in [0.25, 0.3) is 0 Å². The lowest BCUT2D eigenvalue weighted by molar-refractivity contribution is -0.117. The molecule has 0 aliphatic carbocycles. The molecule has 0 aromatic carbocycles. The second-order valence-corrected chi connectivity index (χ2v) is 3.64. The highest BCUT2D eigenvalue weighted by molar-refractivity contribution is 5.75. The van der Waals surface area contributed by atoms with Crippen molar-refractivity contribution < 1.29 is 4.79 Å². The third kappa shape index (κ3) is 4.70. The van der Waals surface area contributed by atoms with E-state index in [-0.39, 0.29) is 5.78 Å². The third-order valence-corrected chi connectivity index (χ3v) is 2.34. The van der Waals surface area contributed by atoms with Crippen LogP contribution in [0.2, 0.25) is 0 Å². The van der Waals surface area contributed by atoms with Crippen LogP contribution in [0.1, 0.15) is 26.0 Å². The lowest BCUT2D eigenvalue weighted by Gasteiger charge is -2.18. The normalized spacial score (nSPS) is 10.6. The van der Waals surface area contributed by atoms with Gasteiger partial charge in [-0.2, -0.15) is 0 Å². The molecule has 0 unspecified atom stereocenters. The maximum Gasteiger partial charge on any atom is 0.131 e. The van der Waals surface area contributed by atoms with Crippen LogP contribution in [0, 0.1) is 0 Å². The Bertz CT molecular complexity index is 298. The first kappa shape index (κ1) is 11.9. The van der Waals surface area contributed by atoms with Crippen molar-refractivity contribution in [1.82, 2.24) is 9.88 Å². The van der Waals surface area contributed by atoms with E-state index in [1.807, 2.05) is 18.2 Å². The Labute approximate surface area is 91.1 Å². The van der Waals surface area contributed by atoms with Gasteiger partial charge in [-0.1, -0.05) is 13.0 Å². The Morgan fingerprint density at radius 1 is 1.47 bits per heavy atom. The fourth-order valence-electron chi connectivity index (χ4n) is 1.39. The predicted molar refractivity (Wildman–Crippen MR) is 60.5 cm³/mol. The number of aromatic nitrogens is 1. The zero-order chi connectivity index (χ0) is 11.1. The van der Waals surface area contributed by atoms with Crippen molar-refractivity contribution >= 4 is 5.78 Å². The number of carbonyl (C=O) groups excluding carboxylic acids is 1. The van der Waals surface area contributed by atoms with Gasteiger partial charge in [-0.05, 0) is 25.6 Å². The highest BCUT2D eigenvalue weighted by Gasteiger charge is 2.05. The molecular formula is C12H18N2O. The van der Waals surface area contributed by atoms with Crippen molar-refractivity contribution in [2.24, 2.45) is 0 Å². The maximum absolute atomic E-state index is 10.9. The number of ketones is 1. The molecule has 1 aromatic heterocycles. The van der Waals surface area contributed by atoms with Crippen LogP contribution in [0.4, 0.5) is 0 Å². The fraction of sp³-hybridized carbons (Fsp3) is 0.500. The average molecular weight is 206 g/mol. The zero-order valence-electron chi connectivity index (χ0n) is 9.44. The van der Waals surface area contributed by atoms with E-state index in [1.165, 1.54) is 0 Å². The largest absolute Gasteiger partial charge is 0.300 e. The summed E-state index contributed by atoms with van der Waals surface area (Å²) < 4.78 is 0. The molecule has 0 N–H and O–H groups in total. The molecule has 3 heteroatoms. The van der Waals surface area contributed by atoms with Gasteiger partial charge in [-0.25, -0.2) is 0 Å². The fourth-order valence-corrected chi connectivity index (χ4v) is 1.39. The number of carbonyl (C=O) groups is 1. The van der Waals surface area contributed by atoms with E-state index in [0.717, 1.165) is 25.3 Å². The molecule has 1 heterocycles. The Morgan fingerprint density at radius 2 is 2.27 bits per heavy atom. The maximum atomic E-state index is 10.9. The van der Waals surface area contributed by atoms with Gasteiger partial charge >= 0.3 is 0 Å². The highest BCUT2D eigenvalue weighted by Crippen LogP contribution is 2.01. The van der Waals surface area contributed by atoms with E-state index in [4.69, 9.17) is 0 Å². The number of nitrogens with zero attached hydrogens (tertiary/aromatic N) is 2. The second-order valence-electron chi connectivity index (χ2n) is 3.64. The molecule has 82 valence electrons. The van der Waals surface area contributed by atoms with Crippen LogP contribution in [0.3, 0.4) is 0 Å². The SMILES string of the molecule is CCN(CCC(C)=O)Cc1ccccn1. The van der Waals surface area contributed by atoms with Crippen LogP contribution in [-0.4, -0.2) is 28.8 Å². The van der Waals surface area contributed by atoms with Gasteiger partial charge in [0.05, 0.1) is 5.69 Å². The van der Waals surface area contributed by atoms with Crippen LogP contribution in [0.15, 0.2) is 24.4 Å². The molecule has 3 nitrogen and oxygen atoms in total. The number of Topliss-reactive ketones (excluding diaryl/α,β-unsaturated/α-hetero) is 1. The summed E-state index contributed by atoms with van der Waals surface area (Å²) in [5.74, 6) is 0.245. The van der Waals surface area contributed by atoms with Crippen LogP contribution < -0.4 is 0 Å². The van der Waals surface area contributed by atoms with Gasteiger partial charge < -0.3 is 0 Å². The van der Waals surface area contributed by atoms with E-state index in [0.29, 0.717) is 6.42 Å². The van der Waals surface area contributed by atoms with Gasteiger partial charge in [0.15, 0.2) is 0 Å². The Kier molecular flexibility index (Phi) is 4.98. The molecule has 1 aromatic rings. The summed E-state index contributed by atoms with van der Waals surface area (Å²) in [7, 11) is 0. The molecule has 1 rings (SSSR count). The summed E-state index contributed by atoms with van der Waals surface area (Å²) in [5.41, 5.74) is 1.06. The van der Waals surface area contributed by atoms with Crippen molar-refractivity contribution in [1.29, 1.82) is 0 Å². The zero-order valence-corrected chi connectivity index (χ0v) is 9.44. The molecule has 0 amide bonds. The molecule has 0 fully saturated rings. The first-order valence-electron chi connectivity index (χ1n) is 5.34. The first-order chi connectivity index (χ1) is 7.22. The van der Waals surface area contributed by atoms with Crippen LogP contribution in [0.5, 0.6) is 0 Å². The summed E-state index contributed by atoms with van der Waals surface area (Å²) in [6.07, 6.45) is 2.43. The lowest BCUT2D eigenvalue weighted by Crippen LogP contribution is -2.25. The van der Waals surface area contributed by atoms with E-state index in [2.05, 4.69) is 16.8 Å². The molecule has 0 atom stereocenters. The van der Waals surface area contributed by atoms with Gasteiger partial charge in [-0.3, -0.25) is 14.7 Å². The van der Waals surface area contributed by atoms with Crippen molar-refractivity contribution in [3.63, 3.8) is 0 Å². The minimum absolute atomic E-state index is 0.245. The Hall–Kier alpha value is -1.22. The molecule has 0 saturated carbocycles. The van der Waals surface area contributed by atoms with Gasteiger partial charge in [0.1, 0.15) is 5.78 Å². The highest BCUT2D eigenvalue weighted by atomic mass is 16.1. The van der Waals surface area contributed by atoms with Crippen molar-refractivity contribution in [3.8, 4) is 0 Å². The molecule has 0 aliphatic heterocycles. The molecule has 0 bridgehead atoms. The smallest absolute Gasteiger partial charge is 0.131 e. The van der Waals surface area contributed by atoms with Crippen molar-refractivity contribution in [2.75, 3.05) is 13.1 Å². The van der Waals surface area contributed by atoms with Gasteiger partial charge in [-0.15, -0.1) is 0 Å². The van der Waals surface area contributed by atoms with Gasteiger partial charge in [0.2, 0.25) is 0 Å². The van der Waals surface area contributed by atoms with Crippen LogP contribution >= 0.6 is 0 Å². The number of hydrogen-bond donors (Lipinski definition) is 0. The molecular weight excluding hydrogens is 188 g/mol. The van der Waals surface area contributed by atoms with Crippen LogP contribution in [-0.2, 0) is 11.3 Å². The predicted octanol–water partition coefficient (Wildman–Crippen LogP) is 1.88. The molecule has 15 heavy (non-hydrogen) atoms. The lowest BCUT2D eigenvalue weighted by atomic mass is 10.2. The van der Waals surface area contributed by atoms with E-state index in [1.54, 1.807) is 13.1 Å². The van der Waals surface area contributed by atoms with Crippen molar-refractivity contribution in [3.05, 3.63) is 30.1 Å². The second kappa shape index (κ2) is 6.30.